The normalized spacial score (nSPS) is 11.4. The molecule has 0 fully saturated rings. The zero-order chi connectivity index (χ0) is 14.1. The molecule has 0 spiro atoms. The Morgan fingerprint density at radius 3 is 2.33 bits per heavy atom. The first-order chi connectivity index (χ1) is 8.22. The molecule has 0 aliphatic rings. The second-order valence-corrected chi connectivity index (χ2v) is 5.25. The molecule has 18 heavy (non-hydrogen) atoms. The highest BCUT2D eigenvalue weighted by Crippen LogP contribution is 2.27. The minimum absolute atomic E-state index is 0.0410. The van der Waals surface area contributed by atoms with Crippen LogP contribution in [0.15, 0.2) is 0 Å². The second kappa shape index (κ2) is 4.92. The number of rotatable bonds is 4. The van der Waals surface area contributed by atoms with Crippen molar-refractivity contribution in [3.8, 4) is 0 Å². The summed E-state index contributed by atoms with van der Waals surface area (Å²) >= 11 is 0. The van der Waals surface area contributed by atoms with Gasteiger partial charge in [0.1, 0.15) is 5.84 Å². The molecule has 0 amide bonds. The number of nitrogen functional groups attached to an aromatic ring is 1. The van der Waals surface area contributed by atoms with Crippen molar-refractivity contribution in [2.75, 3.05) is 11.9 Å². The van der Waals surface area contributed by atoms with Gasteiger partial charge in [-0.25, -0.2) is 0 Å². The Bertz CT molecular complexity index is 465. The van der Waals surface area contributed by atoms with E-state index in [0.717, 1.165) is 17.7 Å². The van der Waals surface area contributed by atoms with Gasteiger partial charge in [-0.3, -0.25) is 5.41 Å². The zero-order valence-corrected chi connectivity index (χ0v) is 12.1. The van der Waals surface area contributed by atoms with Gasteiger partial charge in [0, 0.05) is 12.6 Å². The quantitative estimate of drug-likeness (QED) is 0.632. The van der Waals surface area contributed by atoms with Crippen LogP contribution in [0.3, 0.4) is 0 Å². The summed E-state index contributed by atoms with van der Waals surface area (Å²) in [6.45, 7) is 10.2. The molecule has 0 aromatic carbocycles. The van der Waals surface area contributed by atoms with E-state index < -0.39 is 0 Å². The lowest BCUT2D eigenvalue weighted by Gasteiger charge is -2.36. The van der Waals surface area contributed by atoms with Gasteiger partial charge in [-0.15, -0.1) is 5.10 Å². The zero-order valence-electron chi connectivity index (χ0n) is 12.1. The molecule has 0 saturated carbocycles. The smallest absolute Gasteiger partial charge is 0.162 e. The number of hydrogen-bond acceptors (Lipinski definition) is 4. The number of nitrogens with zero attached hydrogens (tertiary/aromatic N) is 3. The molecule has 0 radical (unpaired) electrons. The fourth-order valence-electron chi connectivity index (χ4n) is 1.68. The van der Waals surface area contributed by atoms with Crippen molar-refractivity contribution in [3.05, 3.63) is 16.8 Å². The van der Waals surface area contributed by atoms with Gasteiger partial charge in [0.2, 0.25) is 0 Å². The van der Waals surface area contributed by atoms with Crippen molar-refractivity contribution in [1.82, 2.24) is 10.2 Å². The molecule has 1 heterocycles. The minimum Gasteiger partial charge on any atom is -0.384 e. The number of aryl methyl sites for hydroxylation is 1. The van der Waals surface area contributed by atoms with E-state index in [4.69, 9.17) is 11.1 Å². The molecule has 100 valence electrons. The molecule has 3 N–H and O–H groups in total. The van der Waals surface area contributed by atoms with Crippen LogP contribution in [0.25, 0.3) is 0 Å². The monoisotopic (exact) mass is 249 g/mol. The van der Waals surface area contributed by atoms with Gasteiger partial charge in [-0.1, -0.05) is 6.92 Å². The SMILES string of the molecule is CCC(C)(C)N(C)c1nnc(C)c(C)c1C(=N)N. The Morgan fingerprint density at radius 1 is 1.33 bits per heavy atom. The fraction of sp³-hybridized carbons (Fsp3) is 0.615. The van der Waals surface area contributed by atoms with Gasteiger partial charge in [0.25, 0.3) is 0 Å². The number of hydrogen-bond donors (Lipinski definition) is 2. The summed E-state index contributed by atoms with van der Waals surface area (Å²) in [6, 6.07) is 0. The van der Waals surface area contributed by atoms with E-state index in [1.165, 1.54) is 0 Å². The standard InChI is InChI=1S/C13H23N5/c1-7-13(4,5)18(6)12-10(11(14)15)8(2)9(3)16-17-12/h7H2,1-6H3,(H3,14,15). The van der Waals surface area contributed by atoms with Crippen molar-refractivity contribution in [1.29, 1.82) is 5.41 Å². The maximum atomic E-state index is 7.75. The molecule has 1 aromatic heterocycles. The Balaban J connectivity index is 3.42. The largest absolute Gasteiger partial charge is 0.384 e. The lowest BCUT2D eigenvalue weighted by molar-refractivity contribution is 0.465. The van der Waals surface area contributed by atoms with Crippen LogP contribution in [0.1, 0.15) is 44.0 Å². The molecule has 5 nitrogen and oxygen atoms in total. The molecule has 0 unspecified atom stereocenters. The molecule has 1 aromatic rings. The van der Waals surface area contributed by atoms with E-state index in [1.54, 1.807) is 0 Å². The van der Waals surface area contributed by atoms with Crippen molar-refractivity contribution in [3.63, 3.8) is 0 Å². The van der Waals surface area contributed by atoms with Crippen LogP contribution >= 0.6 is 0 Å². The minimum atomic E-state index is -0.0550. The topological polar surface area (TPSA) is 78.9 Å². The van der Waals surface area contributed by atoms with Crippen molar-refractivity contribution in [2.24, 2.45) is 5.73 Å². The highest BCUT2D eigenvalue weighted by molar-refractivity contribution is 6.01. The highest BCUT2D eigenvalue weighted by Gasteiger charge is 2.26. The molecule has 0 bridgehead atoms. The van der Waals surface area contributed by atoms with Crippen LogP contribution in [0, 0.1) is 19.3 Å². The van der Waals surface area contributed by atoms with Crippen LogP contribution in [0.2, 0.25) is 0 Å². The number of anilines is 1. The Morgan fingerprint density at radius 2 is 1.89 bits per heavy atom. The molecule has 1 rings (SSSR count). The maximum absolute atomic E-state index is 7.75. The average molecular weight is 249 g/mol. The molecular formula is C13H23N5. The molecular weight excluding hydrogens is 226 g/mol. The van der Waals surface area contributed by atoms with Gasteiger partial charge in [0.05, 0.1) is 11.3 Å². The van der Waals surface area contributed by atoms with E-state index in [2.05, 4.69) is 31.0 Å². The first-order valence-electron chi connectivity index (χ1n) is 6.14. The van der Waals surface area contributed by atoms with Crippen LogP contribution < -0.4 is 10.6 Å². The second-order valence-electron chi connectivity index (χ2n) is 5.25. The summed E-state index contributed by atoms with van der Waals surface area (Å²) in [5.41, 5.74) is 8.06. The number of amidine groups is 1. The first kappa shape index (κ1) is 14.4. The van der Waals surface area contributed by atoms with E-state index in [-0.39, 0.29) is 11.4 Å². The fourth-order valence-corrected chi connectivity index (χ4v) is 1.68. The van der Waals surface area contributed by atoms with Crippen molar-refractivity contribution < 1.29 is 0 Å². The van der Waals surface area contributed by atoms with E-state index in [9.17, 15) is 0 Å². The molecule has 5 heteroatoms. The van der Waals surface area contributed by atoms with Gasteiger partial charge in [0.15, 0.2) is 5.82 Å². The van der Waals surface area contributed by atoms with Crippen LogP contribution in [0.4, 0.5) is 5.82 Å². The predicted octanol–water partition coefficient (Wildman–Crippen LogP) is 2.00. The Kier molecular flexibility index (Phi) is 3.94. The van der Waals surface area contributed by atoms with Gasteiger partial charge in [-0.2, -0.15) is 5.10 Å². The van der Waals surface area contributed by atoms with E-state index in [0.29, 0.717) is 11.4 Å². The average Bonchev–Trinajstić information content (AvgIpc) is 2.30. The van der Waals surface area contributed by atoms with Crippen molar-refractivity contribution >= 4 is 11.7 Å². The molecule has 0 atom stereocenters. The number of nitrogens with two attached hydrogens (primary N) is 1. The van der Waals surface area contributed by atoms with Gasteiger partial charge >= 0.3 is 0 Å². The first-order valence-corrected chi connectivity index (χ1v) is 6.14. The highest BCUT2D eigenvalue weighted by atomic mass is 15.3. The molecule has 0 saturated heterocycles. The van der Waals surface area contributed by atoms with Crippen molar-refractivity contribution in [2.45, 2.75) is 46.6 Å². The maximum Gasteiger partial charge on any atom is 0.162 e. The summed E-state index contributed by atoms with van der Waals surface area (Å²) in [7, 11) is 1.97. The summed E-state index contributed by atoms with van der Waals surface area (Å²) in [4.78, 5) is 2.04. The van der Waals surface area contributed by atoms with Gasteiger partial charge < -0.3 is 10.6 Å². The third-order valence-corrected chi connectivity index (χ3v) is 3.80. The summed E-state index contributed by atoms with van der Waals surface area (Å²) in [6.07, 6.45) is 0.968. The Hall–Kier alpha value is -1.65. The van der Waals surface area contributed by atoms with Crippen LogP contribution in [0.5, 0.6) is 0 Å². The predicted molar refractivity (Wildman–Crippen MR) is 75.3 cm³/mol. The van der Waals surface area contributed by atoms with Crippen LogP contribution in [-0.4, -0.2) is 28.6 Å². The van der Waals surface area contributed by atoms with E-state index in [1.807, 2.05) is 25.8 Å². The summed E-state index contributed by atoms with van der Waals surface area (Å²) < 4.78 is 0. The third-order valence-electron chi connectivity index (χ3n) is 3.80. The van der Waals surface area contributed by atoms with E-state index >= 15 is 0 Å². The Labute approximate surface area is 109 Å². The summed E-state index contributed by atoms with van der Waals surface area (Å²) in [5.74, 6) is 0.719. The number of nitrogens with one attached hydrogen (secondary N) is 1. The lowest BCUT2D eigenvalue weighted by atomic mass is 9.98. The molecule has 0 aliphatic heterocycles. The van der Waals surface area contributed by atoms with Crippen LogP contribution in [-0.2, 0) is 0 Å². The third kappa shape index (κ3) is 2.44. The molecule has 0 aliphatic carbocycles. The lowest BCUT2D eigenvalue weighted by Crippen LogP contribution is -2.42. The van der Waals surface area contributed by atoms with Gasteiger partial charge in [-0.05, 0) is 39.7 Å². The summed E-state index contributed by atoms with van der Waals surface area (Å²) in [5, 5.41) is 16.1. The number of aromatic nitrogens is 2.